The summed E-state index contributed by atoms with van der Waals surface area (Å²) in [5, 5.41) is 3.79. The summed E-state index contributed by atoms with van der Waals surface area (Å²) in [6.45, 7) is 3.90. The molecule has 4 rings (SSSR count). The topological polar surface area (TPSA) is 49.3 Å². The molecule has 1 aromatic carbocycles. The number of benzene rings is 1. The van der Waals surface area contributed by atoms with E-state index < -0.39 is 0 Å². The number of carbonyl (C=O) groups is 1. The van der Waals surface area contributed by atoms with E-state index in [1.54, 1.807) is 6.20 Å². The van der Waals surface area contributed by atoms with Gasteiger partial charge in [0.15, 0.2) is 0 Å². The summed E-state index contributed by atoms with van der Waals surface area (Å²) in [4.78, 5) is 17.8. The molecule has 2 atom stereocenters. The highest BCUT2D eigenvalue weighted by Gasteiger charge is 2.37. The van der Waals surface area contributed by atoms with Crippen molar-refractivity contribution in [2.45, 2.75) is 31.8 Å². The highest BCUT2D eigenvalue weighted by molar-refractivity contribution is 7.07. The number of likely N-dealkylation sites (tertiary alicyclic amines) is 2. The van der Waals surface area contributed by atoms with Crippen LogP contribution in [0.15, 0.2) is 36.5 Å². The third kappa shape index (κ3) is 3.21. The fourth-order valence-electron chi connectivity index (χ4n) is 4.12. The third-order valence-electron chi connectivity index (χ3n) is 5.27. The molecule has 2 aromatic rings. The van der Waals surface area contributed by atoms with Gasteiger partial charge in [0.2, 0.25) is 0 Å². The number of fused-ring (bicyclic) bond motifs is 1. The molecule has 1 aromatic heterocycles. The molecule has 24 heavy (non-hydrogen) atoms. The Morgan fingerprint density at radius 1 is 1.21 bits per heavy atom. The lowest BCUT2D eigenvalue weighted by atomic mass is 9.83. The quantitative estimate of drug-likeness (QED) is 0.860. The summed E-state index contributed by atoms with van der Waals surface area (Å²) in [5.41, 5.74) is 1.38. The molecule has 0 radical (unpaired) electrons. The fourth-order valence-corrected chi connectivity index (χ4v) is 4.61. The first-order chi connectivity index (χ1) is 11.8. The van der Waals surface area contributed by atoms with Crippen molar-refractivity contribution in [1.82, 2.24) is 19.4 Å². The predicted octanol–water partition coefficient (Wildman–Crippen LogP) is 2.66. The van der Waals surface area contributed by atoms with Gasteiger partial charge in [-0.25, -0.2) is 0 Å². The molecule has 1 amide bonds. The van der Waals surface area contributed by atoms with Gasteiger partial charge >= 0.3 is 0 Å². The van der Waals surface area contributed by atoms with E-state index in [4.69, 9.17) is 0 Å². The first kappa shape index (κ1) is 15.7. The molecule has 2 aliphatic heterocycles. The molecular weight excluding hydrogens is 320 g/mol. The lowest BCUT2D eigenvalue weighted by molar-refractivity contribution is 0.0177. The average Bonchev–Trinajstić information content (AvgIpc) is 3.16. The summed E-state index contributed by atoms with van der Waals surface area (Å²) in [7, 11) is 0. The van der Waals surface area contributed by atoms with Gasteiger partial charge in [-0.15, -0.1) is 5.10 Å². The van der Waals surface area contributed by atoms with Crippen molar-refractivity contribution in [3.05, 3.63) is 47.0 Å². The standard InChI is InChI=1S/C18H22N4OS/c23-18(17-11-19-20-24-17)22-10-8-16-15(13-22)7-4-9-21(16)12-14-5-2-1-3-6-14/h1-3,5-6,11,15-16H,4,7-10,12-13H2/t15-,16+/m0/s1. The zero-order valence-electron chi connectivity index (χ0n) is 13.7. The maximum atomic E-state index is 12.6. The van der Waals surface area contributed by atoms with Crippen molar-refractivity contribution < 1.29 is 4.79 Å². The zero-order chi connectivity index (χ0) is 16.4. The van der Waals surface area contributed by atoms with E-state index in [2.05, 4.69) is 44.8 Å². The van der Waals surface area contributed by atoms with Crippen molar-refractivity contribution in [2.24, 2.45) is 5.92 Å². The number of aromatic nitrogens is 2. The predicted molar refractivity (Wildman–Crippen MR) is 93.8 cm³/mol. The van der Waals surface area contributed by atoms with E-state index in [-0.39, 0.29) is 5.91 Å². The van der Waals surface area contributed by atoms with Crippen LogP contribution in [0.2, 0.25) is 0 Å². The van der Waals surface area contributed by atoms with Crippen LogP contribution in [0.1, 0.15) is 34.5 Å². The Balaban J connectivity index is 1.42. The Morgan fingerprint density at radius 2 is 2.08 bits per heavy atom. The van der Waals surface area contributed by atoms with Crippen LogP contribution in [-0.4, -0.2) is 51.0 Å². The van der Waals surface area contributed by atoms with E-state index in [1.807, 2.05) is 4.90 Å². The SMILES string of the molecule is O=C(c1cnns1)N1CC[C@@H]2[C@@H](CCCN2Cc2ccccc2)C1. The van der Waals surface area contributed by atoms with Crippen LogP contribution in [-0.2, 0) is 6.54 Å². The summed E-state index contributed by atoms with van der Waals surface area (Å²) in [5.74, 6) is 0.685. The van der Waals surface area contributed by atoms with Gasteiger partial charge in [-0.05, 0) is 48.8 Å². The smallest absolute Gasteiger partial charge is 0.267 e. The highest BCUT2D eigenvalue weighted by Crippen LogP contribution is 2.32. The van der Waals surface area contributed by atoms with Crippen LogP contribution in [0, 0.1) is 5.92 Å². The van der Waals surface area contributed by atoms with E-state index in [0.29, 0.717) is 16.8 Å². The monoisotopic (exact) mass is 342 g/mol. The van der Waals surface area contributed by atoms with Crippen molar-refractivity contribution >= 4 is 17.4 Å². The number of amides is 1. The van der Waals surface area contributed by atoms with Crippen molar-refractivity contribution in [2.75, 3.05) is 19.6 Å². The molecule has 0 unspecified atom stereocenters. The molecule has 3 heterocycles. The molecule has 2 fully saturated rings. The van der Waals surface area contributed by atoms with Gasteiger partial charge in [0.1, 0.15) is 4.88 Å². The first-order valence-corrected chi connectivity index (χ1v) is 9.43. The van der Waals surface area contributed by atoms with Gasteiger partial charge in [0.25, 0.3) is 5.91 Å². The molecule has 0 saturated carbocycles. The number of nitrogens with zero attached hydrogens (tertiary/aromatic N) is 4. The van der Waals surface area contributed by atoms with Crippen LogP contribution in [0.3, 0.4) is 0 Å². The van der Waals surface area contributed by atoms with Gasteiger partial charge in [0.05, 0.1) is 6.20 Å². The first-order valence-electron chi connectivity index (χ1n) is 8.66. The van der Waals surface area contributed by atoms with Crippen molar-refractivity contribution in [3.63, 3.8) is 0 Å². The summed E-state index contributed by atoms with van der Waals surface area (Å²) in [6, 6.07) is 11.3. The molecule has 0 aliphatic carbocycles. The Morgan fingerprint density at radius 3 is 2.88 bits per heavy atom. The second kappa shape index (κ2) is 6.99. The summed E-state index contributed by atoms with van der Waals surface area (Å²) in [6.07, 6.45) is 5.09. The highest BCUT2D eigenvalue weighted by atomic mass is 32.1. The molecule has 0 N–H and O–H groups in total. The van der Waals surface area contributed by atoms with Crippen LogP contribution >= 0.6 is 11.5 Å². The van der Waals surface area contributed by atoms with Gasteiger partial charge in [-0.2, -0.15) is 0 Å². The third-order valence-corrected chi connectivity index (χ3v) is 5.92. The van der Waals surface area contributed by atoms with Crippen molar-refractivity contribution in [3.8, 4) is 0 Å². The van der Waals surface area contributed by atoms with Crippen LogP contribution < -0.4 is 0 Å². The van der Waals surface area contributed by atoms with Crippen LogP contribution in [0.25, 0.3) is 0 Å². The fraction of sp³-hybridized carbons (Fsp3) is 0.500. The molecule has 126 valence electrons. The molecule has 0 spiro atoms. The van der Waals surface area contributed by atoms with Crippen LogP contribution in [0.5, 0.6) is 0 Å². The van der Waals surface area contributed by atoms with Crippen LogP contribution in [0.4, 0.5) is 0 Å². The van der Waals surface area contributed by atoms with E-state index in [0.717, 1.165) is 26.1 Å². The molecule has 2 aliphatic rings. The number of rotatable bonds is 3. The maximum Gasteiger partial charge on any atom is 0.267 e. The number of hydrogen-bond donors (Lipinski definition) is 0. The molecule has 5 nitrogen and oxygen atoms in total. The lowest BCUT2D eigenvalue weighted by Crippen LogP contribution is -2.54. The van der Waals surface area contributed by atoms with Gasteiger partial charge < -0.3 is 4.90 Å². The minimum atomic E-state index is 0.101. The zero-order valence-corrected chi connectivity index (χ0v) is 14.5. The largest absolute Gasteiger partial charge is 0.337 e. The molecule has 6 heteroatoms. The Hall–Kier alpha value is -1.79. The number of carbonyl (C=O) groups excluding carboxylic acids is 1. The number of hydrogen-bond acceptors (Lipinski definition) is 5. The van der Waals surface area contributed by atoms with E-state index >= 15 is 0 Å². The Labute approximate surface area is 146 Å². The maximum absolute atomic E-state index is 12.6. The summed E-state index contributed by atoms with van der Waals surface area (Å²) >= 11 is 1.19. The minimum absolute atomic E-state index is 0.101. The normalized spacial score (nSPS) is 24.6. The number of piperidine rings is 2. The van der Waals surface area contributed by atoms with Gasteiger partial charge in [-0.1, -0.05) is 34.8 Å². The Bertz CT molecular complexity index is 676. The second-order valence-corrected chi connectivity index (χ2v) is 7.53. The second-order valence-electron chi connectivity index (χ2n) is 6.75. The molecule has 0 bridgehead atoms. The average molecular weight is 342 g/mol. The van der Waals surface area contributed by atoms with E-state index in [9.17, 15) is 4.79 Å². The molecular formula is C18H22N4OS. The lowest BCUT2D eigenvalue weighted by Gasteiger charge is -2.47. The summed E-state index contributed by atoms with van der Waals surface area (Å²) < 4.78 is 3.81. The van der Waals surface area contributed by atoms with E-state index in [1.165, 1.54) is 36.5 Å². The van der Waals surface area contributed by atoms with Crippen molar-refractivity contribution in [1.29, 1.82) is 0 Å². The molecule has 2 saturated heterocycles. The Kier molecular flexibility index (Phi) is 4.58. The minimum Gasteiger partial charge on any atom is -0.337 e. The van der Waals surface area contributed by atoms with Gasteiger partial charge in [-0.3, -0.25) is 9.69 Å². The van der Waals surface area contributed by atoms with Gasteiger partial charge in [0, 0.05) is 25.7 Å².